The van der Waals surface area contributed by atoms with Crippen LogP contribution in [-0.4, -0.2) is 16.7 Å². The minimum absolute atomic E-state index is 0.152. The van der Waals surface area contributed by atoms with Crippen molar-refractivity contribution >= 4 is 11.6 Å². The Morgan fingerprint density at radius 3 is 2.80 bits per heavy atom. The molecule has 15 heavy (non-hydrogen) atoms. The highest BCUT2D eigenvalue weighted by Gasteiger charge is 2.16. The second-order valence-electron chi connectivity index (χ2n) is 3.25. The molecule has 1 aliphatic heterocycles. The molecule has 2 rings (SSSR count). The lowest BCUT2D eigenvalue weighted by atomic mass is 10.0. The number of amides is 1. The molecule has 0 spiro atoms. The Morgan fingerprint density at radius 2 is 2.20 bits per heavy atom. The molecule has 1 aromatic rings. The summed E-state index contributed by atoms with van der Waals surface area (Å²) < 4.78 is 12.7. The number of aromatic hydroxyl groups is 1. The summed E-state index contributed by atoms with van der Waals surface area (Å²) >= 11 is 0. The summed E-state index contributed by atoms with van der Waals surface area (Å²) in [6.07, 6.45) is 0.778. The molecule has 1 aromatic carbocycles. The van der Waals surface area contributed by atoms with Crippen LogP contribution in [0.1, 0.15) is 18.4 Å². The standard InChI is InChI=1S/C10H9FN2O2/c11-6-1-2-7(9(14)5-6)8-3-4-10(15)13-12-8/h1-2,5,14H,3-4H2,(H,13,15). The summed E-state index contributed by atoms with van der Waals surface area (Å²) in [5.74, 6) is -0.818. The lowest BCUT2D eigenvalue weighted by Crippen LogP contribution is -2.25. The molecule has 2 N–H and O–H groups in total. The van der Waals surface area contributed by atoms with E-state index in [0.29, 0.717) is 24.1 Å². The highest BCUT2D eigenvalue weighted by molar-refractivity contribution is 6.05. The number of phenolic OH excluding ortho intramolecular Hbond substituents is 1. The summed E-state index contributed by atoms with van der Waals surface area (Å²) in [4.78, 5) is 10.8. The Morgan fingerprint density at radius 1 is 1.40 bits per heavy atom. The van der Waals surface area contributed by atoms with Crippen LogP contribution in [0.15, 0.2) is 23.3 Å². The first-order chi connectivity index (χ1) is 7.16. The van der Waals surface area contributed by atoms with Crippen molar-refractivity contribution in [2.24, 2.45) is 5.10 Å². The van der Waals surface area contributed by atoms with Crippen molar-refractivity contribution in [2.75, 3.05) is 0 Å². The fourth-order valence-electron chi connectivity index (χ4n) is 1.42. The Balaban J connectivity index is 2.34. The van der Waals surface area contributed by atoms with Crippen LogP contribution in [0.4, 0.5) is 4.39 Å². The maximum atomic E-state index is 12.7. The van der Waals surface area contributed by atoms with E-state index in [-0.39, 0.29) is 11.7 Å². The number of nitrogens with zero attached hydrogens (tertiary/aromatic N) is 1. The van der Waals surface area contributed by atoms with E-state index in [1.165, 1.54) is 12.1 Å². The van der Waals surface area contributed by atoms with Crippen LogP contribution >= 0.6 is 0 Å². The SMILES string of the molecule is O=C1CCC(c2ccc(F)cc2O)=NN1. The molecule has 0 saturated carbocycles. The minimum Gasteiger partial charge on any atom is -0.507 e. The van der Waals surface area contributed by atoms with Gasteiger partial charge in [0.05, 0.1) is 5.71 Å². The number of carbonyl (C=O) groups is 1. The predicted octanol–water partition coefficient (Wildman–Crippen LogP) is 1.15. The highest BCUT2D eigenvalue weighted by atomic mass is 19.1. The lowest BCUT2D eigenvalue weighted by Gasteiger charge is -2.12. The van der Waals surface area contributed by atoms with Crippen LogP contribution in [0, 0.1) is 5.82 Å². The molecule has 0 unspecified atom stereocenters. The zero-order valence-corrected chi connectivity index (χ0v) is 7.83. The van der Waals surface area contributed by atoms with E-state index in [1.807, 2.05) is 0 Å². The molecule has 0 radical (unpaired) electrons. The predicted molar refractivity (Wildman–Crippen MR) is 52.0 cm³/mol. The van der Waals surface area contributed by atoms with Crippen molar-refractivity contribution in [2.45, 2.75) is 12.8 Å². The van der Waals surface area contributed by atoms with Gasteiger partial charge >= 0.3 is 0 Å². The van der Waals surface area contributed by atoms with Crippen LogP contribution < -0.4 is 5.43 Å². The number of carbonyl (C=O) groups excluding carboxylic acids is 1. The van der Waals surface area contributed by atoms with Crippen molar-refractivity contribution < 1.29 is 14.3 Å². The molecule has 0 atom stereocenters. The van der Waals surface area contributed by atoms with E-state index in [2.05, 4.69) is 10.5 Å². The van der Waals surface area contributed by atoms with Gasteiger partial charge in [0.15, 0.2) is 0 Å². The Bertz CT molecular complexity index is 443. The van der Waals surface area contributed by atoms with Gasteiger partial charge in [-0.15, -0.1) is 0 Å². The summed E-state index contributed by atoms with van der Waals surface area (Å²) in [5.41, 5.74) is 3.33. The van der Waals surface area contributed by atoms with E-state index in [1.54, 1.807) is 0 Å². The van der Waals surface area contributed by atoms with E-state index < -0.39 is 5.82 Å². The van der Waals surface area contributed by atoms with Crippen molar-refractivity contribution in [3.8, 4) is 5.75 Å². The van der Waals surface area contributed by atoms with Gasteiger partial charge in [0.1, 0.15) is 11.6 Å². The molecular formula is C10H9FN2O2. The molecule has 1 aliphatic rings. The average molecular weight is 208 g/mol. The Hall–Kier alpha value is -1.91. The van der Waals surface area contributed by atoms with Gasteiger partial charge in [0.2, 0.25) is 5.91 Å². The van der Waals surface area contributed by atoms with E-state index in [9.17, 15) is 14.3 Å². The molecule has 1 amide bonds. The van der Waals surface area contributed by atoms with Crippen molar-refractivity contribution in [3.63, 3.8) is 0 Å². The molecule has 0 aromatic heterocycles. The van der Waals surface area contributed by atoms with E-state index in [4.69, 9.17) is 0 Å². The number of phenols is 1. The van der Waals surface area contributed by atoms with Crippen LogP contribution in [0.2, 0.25) is 0 Å². The smallest absolute Gasteiger partial charge is 0.240 e. The fourth-order valence-corrected chi connectivity index (χ4v) is 1.42. The van der Waals surface area contributed by atoms with Gasteiger partial charge in [-0.2, -0.15) is 5.10 Å². The maximum Gasteiger partial charge on any atom is 0.240 e. The van der Waals surface area contributed by atoms with Gasteiger partial charge in [-0.3, -0.25) is 4.79 Å². The second-order valence-corrected chi connectivity index (χ2v) is 3.25. The zero-order valence-electron chi connectivity index (χ0n) is 7.83. The normalized spacial score (nSPS) is 15.8. The van der Waals surface area contributed by atoms with Crippen LogP contribution in [0.25, 0.3) is 0 Å². The molecule has 1 heterocycles. The highest BCUT2D eigenvalue weighted by Crippen LogP contribution is 2.21. The van der Waals surface area contributed by atoms with Gasteiger partial charge in [-0.1, -0.05) is 0 Å². The van der Waals surface area contributed by atoms with E-state index in [0.717, 1.165) is 6.07 Å². The average Bonchev–Trinajstić information content (AvgIpc) is 2.20. The van der Waals surface area contributed by atoms with Crippen LogP contribution in [0.5, 0.6) is 5.75 Å². The van der Waals surface area contributed by atoms with Gasteiger partial charge in [-0.25, -0.2) is 9.82 Å². The van der Waals surface area contributed by atoms with Gasteiger partial charge < -0.3 is 5.11 Å². The van der Waals surface area contributed by atoms with Crippen molar-refractivity contribution in [1.82, 2.24) is 5.43 Å². The monoisotopic (exact) mass is 208 g/mol. The van der Waals surface area contributed by atoms with Crippen molar-refractivity contribution in [1.29, 1.82) is 0 Å². The lowest BCUT2D eigenvalue weighted by molar-refractivity contribution is -0.121. The number of hydrazone groups is 1. The number of nitrogens with one attached hydrogen (secondary N) is 1. The first kappa shape index (κ1) is 9.64. The summed E-state index contributed by atoms with van der Waals surface area (Å²) in [6.45, 7) is 0. The number of hydrogen-bond acceptors (Lipinski definition) is 3. The minimum atomic E-state index is -0.503. The van der Waals surface area contributed by atoms with Crippen LogP contribution in [-0.2, 0) is 4.79 Å². The molecule has 0 aliphatic carbocycles. The fraction of sp³-hybridized carbons (Fsp3) is 0.200. The zero-order chi connectivity index (χ0) is 10.8. The van der Waals surface area contributed by atoms with Gasteiger partial charge in [-0.05, 0) is 12.1 Å². The molecule has 78 valence electrons. The molecular weight excluding hydrogens is 199 g/mol. The number of halogens is 1. The topological polar surface area (TPSA) is 61.7 Å². The third-order valence-electron chi connectivity index (χ3n) is 2.18. The second kappa shape index (κ2) is 3.68. The number of benzene rings is 1. The molecule has 0 fully saturated rings. The summed E-state index contributed by atoms with van der Waals surface area (Å²) in [5, 5.41) is 13.3. The third-order valence-corrected chi connectivity index (χ3v) is 2.18. The molecule has 0 bridgehead atoms. The van der Waals surface area contributed by atoms with Gasteiger partial charge in [0.25, 0.3) is 0 Å². The third kappa shape index (κ3) is 1.96. The summed E-state index contributed by atoms with van der Waals surface area (Å²) in [7, 11) is 0. The number of rotatable bonds is 1. The molecule has 5 heteroatoms. The first-order valence-corrected chi connectivity index (χ1v) is 4.51. The summed E-state index contributed by atoms with van der Waals surface area (Å²) in [6, 6.07) is 3.71. The molecule has 0 saturated heterocycles. The quantitative estimate of drug-likeness (QED) is 0.727. The van der Waals surface area contributed by atoms with Crippen LogP contribution in [0.3, 0.4) is 0 Å². The Labute approximate surface area is 85.4 Å². The Kier molecular flexibility index (Phi) is 2.37. The largest absolute Gasteiger partial charge is 0.507 e. The number of hydrogen-bond donors (Lipinski definition) is 2. The van der Waals surface area contributed by atoms with Crippen molar-refractivity contribution in [3.05, 3.63) is 29.6 Å². The van der Waals surface area contributed by atoms with Gasteiger partial charge in [0, 0.05) is 24.5 Å². The molecule has 4 nitrogen and oxygen atoms in total. The maximum absolute atomic E-state index is 12.7. The first-order valence-electron chi connectivity index (χ1n) is 4.51. The van der Waals surface area contributed by atoms with E-state index >= 15 is 0 Å².